The van der Waals surface area contributed by atoms with Crippen LogP contribution in [0.1, 0.15) is 20.7 Å². The molecule has 0 unspecified atom stereocenters. The van der Waals surface area contributed by atoms with Gasteiger partial charge in [0.25, 0.3) is 0 Å². The lowest BCUT2D eigenvalue weighted by molar-refractivity contribution is 0.0682. The number of hydrogen-bond acceptors (Lipinski definition) is 8. The van der Waals surface area contributed by atoms with Crippen LogP contribution in [0.5, 0.6) is 17.5 Å². The molecule has 0 fully saturated rings. The fourth-order valence-corrected chi connectivity index (χ4v) is 2.08. The van der Waals surface area contributed by atoms with E-state index in [4.69, 9.17) is 20.1 Å². The van der Waals surface area contributed by atoms with E-state index in [0.29, 0.717) is 0 Å². The Bertz CT molecular complexity index is 1100. The summed E-state index contributed by atoms with van der Waals surface area (Å²) in [7, 11) is 0. The SMILES string of the molecule is O=C(O)c1ccccc1O.O=C(O)c1ccccc1Oc1ncccn1.c1cncnc1. The summed E-state index contributed by atoms with van der Waals surface area (Å²) in [6.07, 6.45) is 7.91. The number of rotatable bonds is 4. The van der Waals surface area contributed by atoms with Crippen LogP contribution in [0.3, 0.4) is 0 Å². The smallest absolute Gasteiger partial charge is 0.339 e. The molecule has 0 amide bonds. The minimum absolute atomic E-state index is 0.0671. The monoisotopic (exact) mass is 434 g/mol. The summed E-state index contributed by atoms with van der Waals surface area (Å²) in [5.74, 6) is -2.14. The van der Waals surface area contributed by atoms with E-state index in [9.17, 15) is 9.59 Å². The highest BCUT2D eigenvalue weighted by Gasteiger charge is 2.11. The number of aromatic nitrogens is 4. The minimum atomic E-state index is -1.11. The molecule has 4 aromatic rings. The molecule has 10 nitrogen and oxygen atoms in total. The van der Waals surface area contributed by atoms with Gasteiger partial charge in [-0.3, -0.25) is 0 Å². The van der Waals surface area contributed by atoms with Crippen molar-refractivity contribution < 1.29 is 29.6 Å². The number of nitrogens with zero attached hydrogens (tertiary/aromatic N) is 4. The molecule has 10 heteroatoms. The van der Waals surface area contributed by atoms with Gasteiger partial charge in [0.1, 0.15) is 29.0 Å². The minimum Gasteiger partial charge on any atom is -0.507 e. The molecule has 0 radical (unpaired) electrons. The average molecular weight is 434 g/mol. The summed E-state index contributed by atoms with van der Waals surface area (Å²) in [6, 6.07) is 15.7. The van der Waals surface area contributed by atoms with Crippen LogP contribution in [0.15, 0.2) is 91.8 Å². The van der Waals surface area contributed by atoms with Gasteiger partial charge in [0.2, 0.25) is 0 Å². The van der Waals surface area contributed by atoms with Crippen LogP contribution in [-0.2, 0) is 0 Å². The van der Waals surface area contributed by atoms with Crippen LogP contribution in [-0.4, -0.2) is 47.2 Å². The summed E-state index contributed by atoms with van der Waals surface area (Å²) in [5, 5.41) is 26.2. The lowest BCUT2D eigenvalue weighted by Gasteiger charge is -2.05. The fourth-order valence-electron chi connectivity index (χ4n) is 2.08. The normalized spacial score (nSPS) is 9.25. The zero-order chi connectivity index (χ0) is 23.2. The Hall–Kier alpha value is -4.86. The summed E-state index contributed by atoms with van der Waals surface area (Å²) in [4.78, 5) is 36.2. The number of carboxylic acid groups (broad SMARTS) is 2. The van der Waals surface area contributed by atoms with Gasteiger partial charge in [-0.25, -0.2) is 29.5 Å². The molecule has 0 bridgehead atoms. The number of carboxylic acids is 2. The van der Waals surface area contributed by atoms with Gasteiger partial charge in [-0.15, -0.1) is 0 Å². The highest BCUT2D eigenvalue weighted by Crippen LogP contribution is 2.22. The molecule has 2 aromatic heterocycles. The van der Waals surface area contributed by atoms with Gasteiger partial charge in [0.15, 0.2) is 0 Å². The van der Waals surface area contributed by atoms with Gasteiger partial charge < -0.3 is 20.1 Å². The molecule has 0 aliphatic heterocycles. The molecular weight excluding hydrogens is 416 g/mol. The molecule has 162 valence electrons. The Balaban J connectivity index is 0.000000192. The number of aromatic carboxylic acids is 2. The Morgan fingerprint density at radius 1 is 0.688 bits per heavy atom. The van der Waals surface area contributed by atoms with Crippen molar-refractivity contribution in [3.05, 3.63) is 103 Å². The first-order valence-corrected chi connectivity index (χ1v) is 8.97. The molecule has 0 atom stereocenters. The Morgan fingerprint density at radius 3 is 1.69 bits per heavy atom. The topological polar surface area (TPSA) is 156 Å². The number of ether oxygens (including phenoxy) is 1. The predicted molar refractivity (Wildman–Crippen MR) is 113 cm³/mol. The van der Waals surface area contributed by atoms with Gasteiger partial charge in [0.05, 0.1) is 0 Å². The van der Waals surface area contributed by atoms with E-state index in [1.807, 2.05) is 0 Å². The van der Waals surface area contributed by atoms with Crippen molar-refractivity contribution in [2.45, 2.75) is 0 Å². The van der Waals surface area contributed by atoms with Crippen LogP contribution in [0, 0.1) is 0 Å². The summed E-state index contributed by atoms with van der Waals surface area (Å²) in [5.41, 5.74) is 0.0115. The highest BCUT2D eigenvalue weighted by molar-refractivity contribution is 5.91. The van der Waals surface area contributed by atoms with E-state index in [2.05, 4.69) is 19.9 Å². The van der Waals surface area contributed by atoms with Crippen LogP contribution in [0.4, 0.5) is 0 Å². The molecule has 0 aliphatic rings. The van der Waals surface area contributed by atoms with E-state index >= 15 is 0 Å². The number of aromatic hydroxyl groups is 1. The first kappa shape index (κ1) is 23.4. The van der Waals surface area contributed by atoms with Crippen molar-refractivity contribution >= 4 is 11.9 Å². The zero-order valence-corrected chi connectivity index (χ0v) is 16.5. The van der Waals surface area contributed by atoms with Gasteiger partial charge in [-0.2, -0.15) is 0 Å². The number of phenols is 1. The zero-order valence-electron chi connectivity index (χ0n) is 16.5. The van der Waals surface area contributed by atoms with E-state index in [0.717, 1.165) is 0 Å². The second-order valence-corrected chi connectivity index (χ2v) is 5.66. The highest BCUT2D eigenvalue weighted by atomic mass is 16.5. The lowest BCUT2D eigenvalue weighted by Crippen LogP contribution is -2.00. The Morgan fingerprint density at radius 2 is 1.22 bits per heavy atom. The summed E-state index contributed by atoms with van der Waals surface area (Å²) < 4.78 is 5.27. The number of hydrogen-bond donors (Lipinski definition) is 3. The van der Waals surface area contributed by atoms with Crippen LogP contribution in [0.2, 0.25) is 0 Å². The quantitative estimate of drug-likeness (QED) is 0.434. The molecular formula is C22H18N4O6. The second kappa shape index (κ2) is 12.6. The van der Waals surface area contributed by atoms with Gasteiger partial charge >= 0.3 is 17.9 Å². The maximum absolute atomic E-state index is 10.9. The number of benzene rings is 2. The Kier molecular flexibility index (Phi) is 9.26. The van der Waals surface area contributed by atoms with Crippen LogP contribution >= 0.6 is 0 Å². The molecule has 32 heavy (non-hydrogen) atoms. The summed E-state index contributed by atoms with van der Waals surface area (Å²) >= 11 is 0. The third-order valence-corrected chi connectivity index (χ3v) is 3.47. The standard InChI is InChI=1S/C11H8N2O3.C7H6O3.C4H4N2/c14-10(15)8-4-1-2-5-9(8)16-11-12-6-3-7-13-11;8-6-4-2-1-3-5(6)7(9)10;1-2-5-4-6-3-1/h1-7H,(H,14,15);1-4,8H,(H,9,10);1-4H. The first-order valence-electron chi connectivity index (χ1n) is 8.97. The fraction of sp³-hybridized carbons (Fsp3) is 0. The lowest BCUT2D eigenvalue weighted by atomic mass is 10.2. The third-order valence-electron chi connectivity index (χ3n) is 3.47. The molecule has 3 N–H and O–H groups in total. The van der Waals surface area contributed by atoms with Crippen molar-refractivity contribution in [3.8, 4) is 17.5 Å². The van der Waals surface area contributed by atoms with Gasteiger partial charge in [-0.05, 0) is 36.4 Å². The van der Waals surface area contributed by atoms with Crippen molar-refractivity contribution in [2.75, 3.05) is 0 Å². The second-order valence-electron chi connectivity index (χ2n) is 5.66. The maximum Gasteiger partial charge on any atom is 0.339 e. The molecule has 0 saturated heterocycles. The van der Waals surface area contributed by atoms with Gasteiger partial charge in [-0.1, -0.05) is 24.3 Å². The largest absolute Gasteiger partial charge is 0.507 e. The van der Waals surface area contributed by atoms with Crippen molar-refractivity contribution in [3.63, 3.8) is 0 Å². The van der Waals surface area contributed by atoms with Crippen molar-refractivity contribution in [1.82, 2.24) is 19.9 Å². The maximum atomic E-state index is 10.9. The van der Waals surface area contributed by atoms with Crippen LogP contribution in [0.25, 0.3) is 0 Å². The number of carbonyl (C=O) groups is 2. The van der Waals surface area contributed by atoms with Gasteiger partial charge in [0, 0.05) is 24.8 Å². The predicted octanol–water partition coefficient (Wildman–Crippen LogP) is 3.53. The molecule has 0 aliphatic carbocycles. The number of para-hydroxylation sites is 2. The van der Waals surface area contributed by atoms with E-state index in [1.54, 1.807) is 54.9 Å². The van der Waals surface area contributed by atoms with Crippen molar-refractivity contribution in [2.24, 2.45) is 0 Å². The average Bonchev–Trinajstić information content (AvgIpc) is 2.82. The van der Waals surface area contributed by atoms with E-state index in [1.165, 1.54) is 36.9 Å². The van der Waals surface area contributed by atoms with Crippen LogP contribution < -0.4 is 4.74 Å². The molecule has 4 rings (SSSR count). The van der Waals surface area contributed by atoms with E-state index in [-0.39, 0.29) is 28.6 Å². The first-order chi connectivity index (χ1) is 15.5. The van der Waals surface area contributed by atoms with E-state index < -0.39 is 11.9 Å². The van der Waals surface area contributed by atoms with Crippen molar-refractivity contribution in [1.29, 1.82) is 0 Å². The summed E-state index contributed by atoms with van der Waals surface area (Å²) in [6.45, 7) is 0. The third kappa shape index (κ3) is 7.87. The molecule has 0 spiro atoms. The molecule has 0 saturated carbocycles. The molecule has 2 aromatic carbocycles. The Labute approximate surface area is 182 Å². The molecule has 2 heterocycles.